The van der Waals surface area contributed by atoms with Gasteiger partial charge in [0, 0.05) is 13.2 Å². The van der Waals surface area contributed by atoms with Crippen molar-refractivity contribution in [3.05, 3.63) is 0 Å². The molecule has 0 aliphatic carbocycles. The summed E-state index contributed by atoms with van der Waals surface area (Å²) in [6.45, 7) is -0.522. The van der Waals surface area contributed by atoms with Gasteiger partial charge in [0.2, 0.25) is 0 Å². The molecule has 94 valence electrons. The van der Waals surface area contributed by atoms with Gasteiger partial charge in [-0.1, -0.05) is 0 Å². The van der Waals surface area contributed by atoms with Crippen LogP contribution in [-0.4, -0.2) is 54.7 Å². The van der Waals surface area contributed by atoms with Crippen LogP contribution in [0, 0.1) is 0 Å². The molecule has 1 rings (SSSR count). The van der Waals surface area contributed by atoms with Crippen LogP contribution in [0.25, 0.3) is 0 Å². The fourth-order valence-electron chi connectivity index (χ4n) is 1.72. The minimum atomic E-state index is -2.58. The van der Waals surface area contributed by atoms with Crippen molar-refractivity contribution < 1.29 is 23.4 Å². The quantitative estimate of drug-likeness (QED) is 0.763. The lowest BCUT2D eigenvalue weighted by atomic mass is 10.1. The second kappa shape index (κ2) is 6.75. The predicted octanol–water partition coefficient (Wildman–Crippen LogP) is 0.641. The summed E-state index contributed by atoms with van der Waals surface area (Å²) in [7, 11) is 0. The summed E-state index contributed by atoms with van der Waals surface area (Å²) in [5, 5.41) is 8.72. The summed E-state index contributed by atoms with van der Waals surface area (Å²) >= 11 is 0. The number of nitrogens with zero attached hydrogens (tertiary/aromatic N) is 1. The number of halogens is 2. The number of amides is 1. The lowest BCUT2D eigenvalue weighted by Gasteiger charge is -2.28. The normalized spacial score (nSPS) is 21.1. The summed E-state index contributed by atoms with van der Waals surface area (Å²) in [6.07, 6.45) is -0.848. The Morgan fingerprint density at radius 3 is 2.75 bits per heavy atom. The maximum atomic E-state index is 12.2. The van der Waals surface area contributed by atoms with Gasteiger partial charge in [-0.05, 0) is 19.3 Å². The van der Waals surface area contributed by atoms with Crippen molar-refractivity contribution in [2.24, 2.45) is 0 Å². The van der Waals surface area contributed by atoms with Crippen molar-refractivity contribution in [3.63, 3.8) is 0 Å². The largest absolute Gasteiger partial charge is 0.395 e. The van der Waals surface area contributed by atoms with E-state index in [0.717, 1.165) is 17.7 Å². The van der Waals surface area contributed by atoms with Crippen LogP contribution in [0.2, 0.25) is 0 Å². The van der Waals surface area contributed by atoms with Gasteiger partial charge in [0.05, 0.1) is 13.2 Å². The van der Waals surface area contributed by atoms with Crippen molar-refractivity contribution >= 4 is 5.91 Å². The van der Waals surface area contributed by atoms with Gasteiger partial charge >= 0.3 is 0 Å². The molecule has 0 aromatic carbocycles. The molecule has 0 saturated carbocycles. The van der Waals surface area contributed by atoms with Gasteiger partial charge in [-0.25, -0.2) is 8.78 Å². The molecule has 0 aromatic heterocycles. The number of aliphatic hydroxyl groups is 1. The first-order chi connectivity index (χ1) is 7.65. The molecule has 1 saturated heterocycles. The van der Waals surface area contributed by atoms with Gasteiger partial charge in [-0.3, -0.25) is 4.79 Å². The van der Waals surface area contributed by atoms with Crippen molar-refractivity contribution in [2.75, 3.05) is 26.3 Å². The van der Waals surface area contributed by atoms with E-state index in [4.69, 9.17) is 9.84 Å². The molecular weight excluding hydrogens is 220 g/mol. The van der Waals surface area contributed by atoms with Crippen LogP contribution in [0.3, 0.4) is 0 Å². The number of alkyl halides is 2. The standard InChI is InChI=1S/C10H17F2NO3/c11-9(12)7-13(4-5-14)10(15)8-3-1-2-6-16-8/h8-9,14H,1-7H2. The van der Waals surface area contributed by atoms with E-state index in [0.29, 0.717) is 13.0 Å². The van der Waals surface area contributed by atoms with Crippen LogP contribution in [0.5, 0.6) is 0 Å². The van der Waals surface area contributed by atoms with Gasteiger partial charge in [-0.15, -0.1) is 0 Å². The van der Waals surface area contributed by atoms with E-state index in [1.54, 1.807) is 0 Å². The van der Waals surface area contributed by atoms with Crippen LogP contribution in [0.15, 0.2) is 0 Å². The third kappa shape index (κ3) is 4.02. The number of aliphatic hydroxyl groups excluding tert-OH is 1. The van der Waals surface area contributed by atoms with E-state index in [1.165, 1.54) is 0 Å². The topological polar surface area (TPSA) is 49.8 Å². The molecule has 1 amide bonds. The summed E-state index contributed by atoms with van der Waals surface area (Å²) in [6, 6.07) is 0. The molecule has 1 aliphatic heterocycles. The van der Waals surface area contributed by atoms with Crippen molar-refractivity contribution in [1.82, 2.24) is 4.90 Å². The first-order valence-corrected chi connectivity index (χ1v) is 5.44. The first-order valence-electron chi connectivity index (χ1n) is 5.44. The van der Waals surface area contributed by atoms with E-state index >= 15 is 0 Å². The Balaban J connectivity index is 2.50. The zero-order valence-electron chi connectivity index (χ0n) is 9.07. The van der Waals surface area contributed by atoms with Crippen molar-refractivity contribution in [2.45, 2.75) is 31.8 Å². The number of carbonyl (C=O) groups excluding carboxylic acids is 1. The molecule has 6 heteroatoms. The third-order valence-corrected chi connectivity index (χ3v) is 2.50. The predicted molar refractivity (Wildman–Crippen MR) is 53.3 cm³/mol. The monoisotopic (exact) mass is 237 g/mol. The van der Waals surface area contributed by atoms with Crippen LogP contribution in [-0.2, 0) is 9.53 Å². The Morgan fingerprint density at radius 1 is 1.50 bits per heavy atom. The highest BCUT2D eigenvalue weighted by Gasteiger charge is 2.28. The summed E-state index contributed by atoms with van der Waals surface area (Å²) in [5.74, 6) is -0.436. The molecule has 1 N–H and O–H groups in total. The molecule has 1 fully saturated rings. The highest BCUT2D eigenvalue weighted by atomic mass is 19.3. The molecule has 0 aromatic rings. The van der Waals surface area contributed by atoms with Crippen LogP contribution in [0.4, 0.5) is 8.78 Å². The van der Waals surface area contributed by atoms with E-state index in [9.17, 15) is 13.6 Å². The molecule has 1 atom stereocenters. The fraction of sp³-hybridized carbons (Fsp3) is 0.900. The lowest BCUT2D eigenvalue weighted by Crippen LogP contribution is -2.45. The van der Waals surface area contributed by atoms with Gasteiger partial charge in [0.25, 0.3) is 12.3 Å². The molecule has 16 heavy (non-hydrogen) atoms. The molecule has 0 bridgehead atoms. The van der Waals surface area contributed by atoms with Gasteiger partial charge < -0.3 is 14.7 Å². The number of ether oxygens (including phenoxy) is 1. The van der Waals surface area contributed by atoms with Crippen LogP contribution < -0.4 is 0 Å². The maximum Gasteiger partial charge on any atom is 0.255 e. The zero-order chi connectivity index (χ0) is 12.0. The zero-order valence-corrected chi connectivity index (χ0v) is 9.07. The van der Waals surface area contributed by atoms with Crippen LogP contribution in [0.1, 0.15) is 19.3 Å². The van der Waals surface area contributed by atoms with E-state index in [2.05, 4.69) is 0 Å². The summed E-state index contributed by atoms with van der Waals surface area (Å²) in [5.41, 5.74) is 0. The molecular formula is C10H17F2NO3. The Morgan fingerprint density at radius 2 is 2.25 bits per heavy atom. The number of hydrogen-bond acceptors (Lipinski definition) is 3. The minimum absolute atomic E-state index is 0.0664. The molecule has 4 nitrogen and oxygen atoms in total. The van der Waals surface area contributed by atoms with E-state index < -0.39 is 25.0 Å². The minimum Gasteiger partial charge on any atom is -0.395 e. The highest BCUT2D eigenvalue weighted by molar-refractivity contribution is 5.81. The van der Waals surface area contributed by atoms with Gasteiger partial charge in [-0.2, -0.15) is 0 Å². The average Bonchev–Trinajstić information content (AvgIpc) is 2.28. The SMILES string of the molecule is O=C(C1CCCCO1)N(CCO)CC(F)F. The summed E-state index contributed by atoms with van der Waals surface area (Å²) in [4.78, 5) is 12.8. The molecule has 1 heterocycles. The second-order valence-corrected chi connectivity index (χ2v) is 3.75. The smallest absolute Gasteiger partial charge is 0.255 e. The number of rotatable bonds is 5. The fourth-order valence-corrected chi connectivity index (χ4v) is 1.72. The highest BCUT2D eigenvalue weighted by Crippen LogP contribution is 2.15. The molecule has 1 unspecified atom stereocenters. The number of carbonyl (C=O) groups is 1. The molecule has 0 radical (unpaired) electrons. The first kappa shape index (κ1) is 13.3. The second-order valence-electron chi connectivity index (χ2n) is 3.75. The Hall–Kier alpha value is -0.750. The molecule has 1 aliphatic rings. The maximum absolute atomic E-state index is 12.2. The average molecular weight is 237 g/mol. The van der Waals surface area contributed by atoms with Crippen LogP contribution >= 0.6 is 0 Å². The Labute approximate surface area is 93.2 Å². The van der Waals surface area contributed by atoms with E-state index in [1.807, 2.05) is 0 Å². The Kier molecular flexibility index (Phi) is 5.62. The van der Waals surface area contributed by atoms with Crippen molar-refractivity contribution in [1.29, 1.82) is 0 Å². The Bertz CT molecular complexity index is 220. The summed E-state index contributed by atoms with van der Waals surface area (Å²) < 4.78 is 29.7. The van der Waals surface area contributed by atoms with E-state index in [-0.39, 0.29) is 13.2 Å². The lowest BCUT2D eigenvalue weighted by molar-refractivity contribution is -0.148. The number of hydrogen-bond donors (Lipinski definition) is 1. The third-order valence-electron chi connectivity index (χ3n) is 2.50. The van der Waals surface area contributed by atoms with Gasteiger partial charge in [0.15, 0.2) is 0 Å². The van der Waals surface area contributed by atoms with Crippen molar-refractivity contribution in [3.8, 4) is 0 Å². The molecule has 0 spiro atoms. The van der Waals surface area contributed by atoms with Gasteiger partial charge in [0.1, 0.15) is 6.10 Å².